The zero-order valence-corrected chi connectivity index (χ0v) is 13.1. The largest absolute Gasteiger partial charge is 0.466 e. The van der Waals surface area contributed by atoms with Crippen molar-refractivity contribution in [3.05, 3.63) is 23.2 Å². The van der Waals surface area contributed by atoms with Gasteiger partial charge in [0, 0.05) is 26.2 Å². The van der Waals surface area contributed by atoms with Gasteiger partial charge in [-0.1, -0.05) is 13.3 Å². The Labute approximate surface area is 126 Å². The first-order valence-electron chi connectivity index (χ1n) is 7.56. The van der Waals surface area contributed by atoms with Gasteiger partial charge < -0.3 is 9.32 Å². The van der Waals surface area contributed by atoms with Crippen LogP contribution in [0.3, 0.4) is 0 Å². The van der Waals surface area contributed by atoms with E-state index in [9.17, 15) is 10.1 Å². The molecular formula is C16H23N3O2. The lowest BCUT2D eigenvalue weighted by molar-refractivity contribution is 0.0599. The number of hydrogen-bond acceptors (Lipinski definition) is 4. The van der Waals surface area contributed by atoms with Gasteiger partial charge in [-0.25, -0.2) is 0 Å². The first-order valence-corrected chi connectivity index (χ1v) is 7.56. The molecule has 5 heteroatoms. The van der Waals surface area contributed by atoms with Crippen molar-refractivity contribution < 1.29 is 9.21 Å². The van der Waals surface area contributed by atoms with Crippen molar-refractivity contribution in [2.75, 3.05) is 26.2 Å². The second kappa shape index (κ2) is 6.77. The molecule has 0 aliphatic carbocycles. The van der Waals surface area contributed by atoms with Gasteiger partial charge >= 0.3 is 0 Å². The van der Waals surface area contributed by atoms with Crippen LogP contribution in [0.25, 0.3) is 0 Å². The van der Waals surface area contributed by atoms with Gasteiger partial charge in [0.05, 0.1) is 17.7 Å². The van der Waals surface area contributed by atoms with Crippen molar-refractivity contribution in [2.24, 2.45) is 0 Å². The molecule has 0 bridgehead atoms. The van der Waals surface area contributed by atoms with Crippen LogP contribution in [0, 0.1) is 25.2 Å². The van der Waals surface area contributed by atoms with E-state index in [1.165, 1.54) is 0 Å². The number of nitrogens with zero attached hydrogens (tertiary/aromatic N) is 3. The van der Waals surface area contributed by atoms with E-state index >= 15 is 0 Å². The number of rotatable bonds is 4. The molecule has 2 heterocycles. The first-order chi connectivity index (χ1) is 10.1. The fraction of sp³-hybridized carbons (Fsp3) is 0.625. The van der Waals surface area contributed by atoms with E-state index in [4.69, 9.17) is 4.42 Å². The van der Waals surface area contributed by atoms with Crippen molar-refractivity contribution in [3.8, 4) is 6.07 Å². The molecule has 1 saturated heterocycles. The lowest BCUT2D eigenvalue weighted by Gasteiger charge is -2.36. The lowest BCUT2D eigenvalue weighted by atomic mass is 10.1. The maximum Gasteiger partial charge on any atom is 0.257 e. The molecule has 5 nitrogen and oxygen atoms in total. The molecule has 1 aromatic rings. The number of piperazine rings is 1. The summed E-state index contributed by atoms with van der Waals surface area (Å²) in [6.07, 6.45) is 1.90. The van der Waals surface area contributed by atoms with Gasteiger partial charge in [-0.05, 0) is 26.3 Å². The van der Waals surface area contributed by atoms with E-state index in [1.54, 1.807) is 6.07 Å². The van der Waals surface area contributed by atoms with Gasteiger partial charge in [0.25, 0.3) is 5.91 Å². The molecule has 1 aliphatic heterocycles. The standard InChI is InChI=1S/C16H23N3O2/c1-4-5-14(11-17)18-6-8-19(9-7-18)16(20)15-10-12(2)21-13(15)3/h10,14H,4-9H2,1-3H3. The molecule has 1 aliphatic rings. The molecule has 0 aromatic carbocycles. The average molecular weight is 289 g/mol. The van der Waals surface area contributed by atoms with Crippen molar-refractivity contribution in [1.29, 1.82) is 5.26 Å². The maximum absolute atomic E-state index is 12.5. The van der Waals surface area contributed by atoms with Crippen LogP contribution in [-0.4, -0.2) is 47.9 Å². The average Bonchev–Trinajstić information content (AvgIpc) is 2.83. The summed E-state index contributed by atoms with van der Waals surface area (Å²) in [6, 6.07) is 4.15. The third-order valence-electron chi connectivity index (χ3n) is 4.02. The third kappa shape index (κ3) is 3.45. The minimum absolute atomic E-state index is 0.0230. The highest BCUT2D eigenvalue weighted by Gasteiger charge is 2.27. The summed E-state index contributed by atoms with van der Waals surface area (Å²) in [4.78, 5) is 16.5. The summed E-state index contributed by atoms with van der Waals surface area (Å²) in [7, 11) is 0. The number of amides is 1. The second-order valence-corrected chi connectivity index (χ2v) is 5.59. The predicted octanol–water partition coefficient (Wildman–Crippen LogP) is 2.35. The second-order valence-electron chi connectivity index (χ2n) is 5.59. The number of aryl methyl sites for hydroxylation is 2. The molecule has 0 saturated carbocycles. The van der Waals surface area contributed by atoms with E-state index in [2.05, 4.69) is 17.9 Å². The SMILES string of the molecule is CCCC(C#N)N1CCN(C(=O)c2cc(C)oc2C)CC1. The fourth-order valence-electron chi connectivity index (χ4n) is 2.85. The molecule has 21 heavy (non-hydrogen) atoms. The smallest absolute Gasteiger partial charge is 0.257 e. The van der Waals surface area contributed by atoms with Gasteiger partial charge in [0.15, 0.2) is 0 Å². The molecule has 1 amide bonds. The molecule has 2 rings (SSSR count). The van der Waals surface area contributed by atoms with Crippen molar-refractivity contribution >= 4 is 5.91 Å². The topological polar surface area (TPSA) is 60.5 Å². The molecule has 0 N–H and O–H groups in total. The van der Waals surface area contributed by atoms with Crippen LogP contribution in [0.1, 0.15) is 41.6 Å². The van der Waals surface area contributed by atoms with Crippen LogP contribution in [-0.2, 0) is 0 Å². The summed E-state index contributed by atoms with van der Waals surface area (Å²) < 4.78 is 5.43. The third-order valence-corrected chi connectivity index (χ3v) is 4.02. The highest BCUT2D eigenvalue weighted by molar-refractivity contribution is 5.95. The van der Waals surface area contributed by atoms with Crippen LogP contribution in [0.5, 0.6) is 0 Å². The molecule has 0 spiro atoms. The lowest BCUT2D eigenvalue weighted by Crippen LogP contribution is -2.51. The minimum atomic E-state index is -0.0230. The molecule has 0 radical (unpaired) electrons. The Morgan fingerprint density at radius 3 is 2.52 bits per heavy atom. The highest BCUT2D eigenvalue weighted by atomic mass is 16.3. The number of furan rings is 1. The summed E-state index contributed by atoms with van der Waals surface area (Å²) in [6.45, 7) is 8.63. The van der Waals surface area contributed by atoms with Crippen LogP contribution in [0.15, 0.2) is 10.5 Å². The molecule has 1 unspecified atom stereocenters. The molecule has 1 aromatic heterocycles. The van der Waals surface area contributed by atoms with Gasteiger partial charge in [-0.15, -0.1) is 0 Å². The minimum Gasteiger partial charge on any atom is -0.466 e. The predicted molar refractivity (Wildman–Crippen MR) is 80.0 cm³/mol. The number of hydrogen-bond donors (Lipinski definition) is 0. The summed E-state index contributed by atoms with van der Waals surface area (Å²) in [5, 5.41) is 9.22. The molecule has 1 atom stereocenters. The van der Waals surface area contributed by atoms with Crippen LogP contribution < -0.4 is 0 Å². The van der Waals surface area contributed by atoms with Gasteiger partial charge in [-0.2, -0.15) is 5.26 Å². The zero-order valence-electron chi connectivity index (χ0n) is 13.1. The van der Waals surface area contributed by atoms with E-state index in [-0.39, 0.29) is 11.9 Å². The van der Waals surface area contributed by atoms with Gasteiger partial charge in [-0.3, -0.25) is 9.69 Å². The van der Waals surface area contributed by atoms with E-state index in [1.807, 2.05) is 18.7 Å². The number of nitriles is 1. The summed E-state index contributed by atoms with van der Waals surface area (Å²) in [5.74, 6) is 1.48. The monoisotopic (exact) mass is 289 g/mol. The Hall–Kier alpha value is -1.80. The molecule has 1 fully saturated rings. The van der Waals surface area contributed by atoms with Crippen molar-refractivity contribution in [2.45, 2.75) is 39.7 Å². The van der Waals surface area contributed by atoms with Gasteiger partial charge in [0.2, 0.25) is 0 Å². The fourth-order valence-corrected chi connectivity index (χ4v) is 2.85. The van der Waals surface area contributed by atoms with Crippen molar-refractivity contribution in [3.63, 3.8) is 0 Å². The van der Waals surface area contributed by atoms with E-state index in [0.717, 1.165) is 31.7 Å². The molecule has 114 valence electrons. The first kappa shape index (κ1) is 15.6. The quantitative estimate of drug-likeness (QED) is 0.853. The highest BCUT2D eigenvalue weighted by Crippen LogP contribution is 2.18. The van der Waals surface area contributed by atoms with Crippen molar-refractivity contribution in [1.82, 2.24) is 9.80 Å². The normalized spacial score (nSPS) is 17.5. The summed E-state index contributed by atoms with van der Waals surface area (Å²) >= 11 is 0. The number of carbonyl (C=O) groups is 1. The van der Waals surface area contributed by atoms with E-state index < -0.39 is 0 Å². The van der Waals surface area contributed by atoms with E-state index in [0.29, 0.717) is 24.4 Å². The van der Waals surface area contributed by atoms with Crippen LogP contribution in [0.2, 0.25) is 0 Å². The Morgan fingerprint density at radius 1 is 1.38 bits per heavy atom. The summed E-state index contributed by atoms with van der Waals surface area (Å²) in [5.41, 5.74) is 0.659. The van der Waals surface area contributed by atoms with Gasteiger partial charge in [0.1, 0.15) is 11.5 Å². The Balaban J connectivity index is 1.96. The Bertz CT molecular complexity index is 536. The molecular weight excluding hydrogens is 266 g/mol. The maximum atomic E-state index is 12.5. The van der Waals surface area contributed by atoms with Crippen LogP contribution >= 0.6 is 0 Å². The van der Waals surface area contributed by atoms with Crippen LogP contribution in [0.4, 0.5) is 0 Å². The number of carbonyl (C=O) groups excluding carboxylic acids is 1. The Morgan fingerprint density at radius 2 is 2.05 bits per heavy atom. The zero-order chi connectivity index (χ0) is 15.4. The Kier molecular flexibility index (Phi) is 5.03.